The van der Waals surface area contributed by atoms with Crippen molar-refractivity contribution in [1.82, 2.24) is 5.32 Å². The van der Waals surface area contributed by atoms with Gasteiger partial charge in [-0.2, -0.15) is 0 Å². The molecular formula is C21H24ClNO3. The number of halogens is 1. The number of carbonyl (C=O) groups excluding carboxylic acids is 1. The Balaban J connectivity index is 1.43. The van der Waals surface area contributed by atoms with Gasteiger partial charge in [-0.05, 0) is 67.1 Å². The highest BCUT2D eigenvalue weighted by Crippen LogP contribution is 2.41. The molecule has 2 aromatic carbocycles. The fraction of sp³-hybridized carbons (Fsp3) is 0.381. The van der Waals surface area contributed by atoms with E-state index in [1.54, 1.807) is 7.11 Å². The highest BCUT2D eigenvalue weighted by molar-refractivity contribution is 6.30. The van der Waals surface area contributed by atoms with Crippen LogP contribution in [0.2, 0.25) is 5.02 Å². The van der Waals surface area contributed by atoms with Gasteiger partial charge in [0.15, 0.2) is 0 Å². The van der Waals surface area contributed by atoms with Gasteiger partial charge < -0.3 is 14.8 Å². The summed E-state index contributed by atoms with van der Waals surface area (Å²) in [6.45, 7) is 0.509. The van der Waals surface area contributed by atoms with Crippen LogP contribution in [0.25, 0.3) is 0 Å². The molecule has 1 fully saturated rings. The van der Waals surface area contributed by atoms with Crippen LogP contribution in [0.3, 0.4) is 0 Å². The SMILES string of the molecule is COc1ccc(OCCCC(=O)NC(c2ccc(Cl)cc2)C2CC2)cc1. The molecule has 0 saturated heterocycles. The van der Waals surface area contributed by atoms with Crippen molar-refractivity contribution >= 4 is 17.5 Å². The summed E-state index contributed by atoms with van der Waals surface area (Å²) in [5.74, 6) is 2.18. The zero-order valence-corrected chi connectivity index (χ0v) is 15.7. The van der Waals surface area contributed by atoms with E-state index in [2.05, 4.69) is 5.32 Å². The van der Waals surface area contributed by atoms with Crippen molar-refractivity contribution in [3.8, 4) is 11.5 Å². The highest BCUT2D eigenvalue weighted by atomic mass is 35.5. The Morgan fingerprint density at radius 3 is 2.38 bits per heavy atom. The van der Waals surface area contributed by atoms with Gasteiger partial charge in [0.25, 0.3) is 0 Å². The second-order valence-electron chi connectivity index (χ2n) is 6.56. The number of carbonyl (C=O) groups is 1. The van der Waals surface area contributed by atoms with Gasteiger partial charge in [0.05, 0.1) is 19.8 Å². The molecule has 1 atom stereocenters. The number of amides is 1. The Hall–Kier alpha value is -2.20. The van der Waals surface area contributed by atoms with Gasteiger partial charge in [0.2, 0.25) is 5.91 Å². The third kappa shape index (κ3) is 5.40. The highest BCUT2D eigenvalue weighted by Gasteiger charge is 2.33. The Bertz CT molecular complexity index is 711. The molecule has 5 heteroatoms. The zero-order valence-electron chi connectivity index (χ0n) is 14.9. The topological polar surface area (TPSA) is 47.6 Å². The van der Waals surface area contributed by atoms with E-state index in [1.807, 2.05) is 48.5 Å². The van der Waals surface area contributed by atoms with E-state index in [0.29, 0.717) is 30.4 Å². The van der Waals surface area contributed by atoms with Gasteiger partial charge in [0, 0.05) is 11.4 Å². The second kappa shape index (κ2) is 8.95. The summed E-state index contributed by atoms with van der Waals surface area (Å²) in [6.07, 6.45) is 3.45. The molecule has 0 heterocycles. The molecule has 3 rings (SSSR count). The van der Waals surface area contributed by atoms with Crippen LogP contribution in [0.4, 0.5) is 0 Å². The molecule has 1 aliphatic carbocycles. The first-order valence-electron chi connectivity index (χ1n) is 8.97. The normalized spacial score (nSPS) is 14.5. The maximum absolute atomic E-state index is 12.3. The number of ether oxygens (including phenoxy) is 2. The minimum absolute atomic E-state index is 0.0650. The number of rotatable bonds is 9. The Kier molecular flexibility index (Phi) is 6.40. The van der Waals surface area contributed by atoms with Gasteiger partial charge in [-0.15, -0.1) is 0 Å². The van der Waals surface area contributed by atoms with Gasteiger partial charge in [-0.25, -0.2) is 0 Å². The lowest BCUT2D eigenvalue weighted by Crippen LogP contribution is -2.29. The molecule has 1 unspecified atom stereocenters. The molecule has 1 amide bonds. The smallest absolute Gasteiger partial charge is 0.220 e. The van der Waals surface area contributed by atoms with Crippen LogP contribution in [0.1, 0.15) is 37.3 Å². The van der Waals surface area contributed by atoms with Crippen LogP contribution in [0.5, 0.6) is 11.5 Å². The van der Waals surface area contributed by atoms with E-state index in [9.17, 15) is 4.79 Å². The monoisotopic (exact) mass is 373 g/mol. The Labute approximate surface area is 159 Å². The number of benzene rings is 2. The van der Waals surface area contributed by atoms with E-state index in [-0.39, 0.29) is 11.9 Å². The fourth-order valence-corrected chi connectivity index (χ4v) is 3.04. The van der Waals surface area contributed by atoms with Gasteiger partial charge >= 0.3 is 0 Å². The van der Waals surface area contributed by atoms with Crippen LogP contribution >= 0.6 is 11.6 Å². The maximum atomic E-state index is 12.3. The first-order chi connectivity index (χ1) is 12.7. The van der Waals surface area contributed by atoms with E-state index in [1.165, 1.54) is 0 Å². The summed E-state index contributed by atoms with van der Waals surface area (Å²) in [5.41, 5.74) is 1.12. The van der Waals surface area contributed by atoms with Gasteiger partial charge in [0.1, 0.15) is 11.5 Å². The lowest BCUT2D eigenvalue weighted by molar-refractivity contribution is -0.122. The minimum Gasteiger partial charge on any atom is -0.497 e. The van der Waals surface area contributed by atoms with E-state index < -0.39 is 0 Å². The predicted octanol–water partition coefficient (Wildman–Crippen LogP) is 4.78. The third-order valence-corrected chi connectivity index (χ3v) is 4.77. The van der Waals surface area contributed by atoms with Crippen molar-refractivity contribution in [2.75, 3.05) is 13.7 Å². The summed E-state index contributed by atoms with van der Waals surface area (Å²) in [4.78, 5) is 12.3. The van der Waals surface area contributed by atoms with E-state index in [4.69, 9.17) is 21.1 Å². The Morgan fingerprint density at radius 2 is 1.77 bits per heavy atom. The first kappa shape index (κ1) is 18.6. The van der Waals surface area contributed by atoms with Crippen molar-refractivity contribution in [3.05, 3.63) is 59.1 Å². The van der Waals surface area contributed by atoms with Crippen LogP contribution in [-0.4, -0.2) is 19.6 Å². The largest absolute Gasteiger partial charge is 0.497 e. The molecule has 0 radical (unpaired) electrons. The van der Waals surface area contributed by atoms with Gasteiger partial charge in [-0.1, -0.05) is 23.7 Å². The summed E-state index contributed by atoms with van der Waals surface area (Å²) >= 11 is 5.96. The standard InChI is InChI=1S/C21H24ClNO3/c1-25-18-10-12-19(13-11-18)26-14-2-3-20(24)23-21(15-4-5-15)16-6-8-17(22)9-7-16/h6-13,15,21H,2-5,14H2,1H3,(H,23,24). The maximum Gasteiger partial charge on any atom is 0.220 e. The molecule has 2 aromatic rings. The quantitative estimate of drug-likeness (QED) is 0.644. The molecule has 0 aliphatic heterocycles. The van der Waals surface area contributed by atoms with Crippen LogP contribution in [0.15, 0.2) is 48.5 Å². The third-order valence-electron chi connectivity index (χ3n) is 4.52. The Morgan fingerprint density at radius 1 is 1.12 bits per heavy atom. The van der Waals surface area contributed by atoms with E-state index >= 15 is 0 Å². The predicted molar refractivity (Wildman–Crippen MR) is 103 cm³/mol. The molecule has 138 valence electrons. The fourth-order valence-electron chi connectivity index (χ4n) is 2.91. The van der Waals surface area contributed by atoms with Crippen LogP contribution in [0, 0.1) is 5.92 Å². The molecule has 4 nitrogen and oxygen atoms in total. The molecule has 1 aliphatic rings. The summed E-state index contributed by atoms with van der Waals surface area (Å²) in [5, 5.41) is 3.89. The lowest BCUT2D eigenvalue weighted by atomic mass is 10.0. The van der Waals surface area contributed by atoms with Crippen LogP contribution in [-0.2, 0) is 4.79 Å². The molecule has 0 bridgehead atoms. The number of hydrogen-bond donors (Lipinski definition) is 1. The van der Waals surface area contributed by atoms with E-state index in [0.717, 1.165) is 29.9 Å². The average molecular weight is 374 g/mol. The molecular weight excluding hydrogens is 350 g/mol. The average Bonchev–Trinajstić information content (AvgIpc) is 3.50. The van der Waals surface area contributed by atoms with Crippen molar-refractivity contribution in [2.45, 2.75) is 31.7 Å². The molecule has 1 saturated carbocycles. The lowest BCUT2D eigenvalue weighted by Gasteiger charge is -2.19. The number of methoxy groups -OCH3 is 1. The van der Waals surface area contributed by atoms with Crippen molar-refractivity contribution in [1.29, 1.82) is 0 Å². The van der Waals surface area contributed by atoms with Gasteiger partial charge in [-0.3, -0.25) is 4.79 Å². The molecule has 0 spiro atoms. The van der Waals surface area contributed by atoms with Crippen molar-refractivity contribution in [3.63, 3.8) is 0 Å². The second-order valence-corrected chi connectivity index (χ2v) is 7.00. The van der Waals surface area contributed by atoms with Crippen LogP contribution < -0.4 is 14.8 Å². The first-order valence-corrected chi connectivity index (χ1v) is 9.35. The van der Waals surface area contributed by atoms with Crippen molar-refractivity contribution in [2.24, 2.45) is 5.92 Å². The molecule has 26 heavy (non-hydrogen) atoms. The van der Waals surface area contributed by atoms with Crippen molar-refractivity contribution < 1.29 is 14.3 Å². The number of hydrogen-bond acceptors (Lipinski definition) is 3. The zero-order chi connectivity index (χ0) is 18.4. The minimum atomic E-state index is 0.0650. The molecule has 1 N–H and O–H groups in total. The molecule has 0 aromatic heterocycles. The number of nitrogens with one attached hydrogen (secondary N) is 1. The summed E-state index contributed by atoms with van der Waals surface area (Å²) in [6, 6.07) is 15.3. The summed E-state index contributed by atoms with van der Waals surface area (Å²) < 4.78 is 10.8. The summed E-state index contributed by atoms with van der Waals surface area (Å²) in [7, 11) is 1.63.